The number of nitrogens with zero attached hydrogens (tertiary/aromatic N) is 5. The fraction of sp³-hybridized carbons (Fsp3) is 0.609. The van der Waals surface area contributed by atoms with Crippen LogP contribution in [0.25, 0.3) is 0 Å². The molecule has 1 aromatic carbocycles. The number of benzene rings is 1. The number of hydrogen-bond acceptors (Lipinski definition) is 4. The highest BCUT2D eigenvalue weighted by atomic mass is 127. The second-order valence-corrected chi connectivity index (χ2v) is 8.89. The number of fused-ring (bicyclic) bond motifs is 1. The van der Waals surface area contributed by atoms with E-state index in [2.05, 4.69) is 41.4 Å². The maximum atomic E-state index is 6.41. The van der Waals surface area contributed by atoms with Crippen LogP contribution in [0.5, 0.6) is 0 Å². The van der Waals surface area contributed by atoms with Gasteiger partial charge >= 0.3 is 0 Å². The zero-order valence-electron chi connectivity index (χ0n) is 18.9. The first-order valence-corrected chi connectivity index (χ1v) is 12.0. The van der Waals surface area contributed by atoms with Gasteiger partial charge < -0.3 is 20.1 Å². The van der Waals surface area contributed by atoms with Crippen molar-refractivity contribution in [3.8, 4) is 0 Å². The van der Waals surface area contributed by atoms with E-state index in [1.54, 1.807) is 0 Å². The van der Waals surface area contributed by atoms with Gasteiger partial charge in [0.05, 0.1) is 10.7 Å². The van der Waals surface area contributed by atoms with Crippen LogP contribution >= 0.6 is 35.6 Å². The van der Waals surface area contributed by atoms with E-state index in [4.69, 9.17) is 11.6 Å². The molecule has 0 saturated carbocycles. The smallest absolute Gasteiger partial charge is 0.191 e. The monoisotopic (exact) mass is 571 g/mol. The van der Waals surface area contributed by atoms with Gasteiger partial charge in [0, 0.05) is 52.1 Å². The number of anilines is 1. The van der Waals surface area contributed by atoms with Gasteiger partial charge in [-0.15, -0.1) is 34.2 Å². The summed E-state index contributed by atoms with van der Waals surface area (Å²) in [5.74, 6) is 3.16. The Hall–Kier alpha value is -1.55. The first-order chi connectivity index (χ1) is 15.2. The molecule has 1 unspecified atom stereocenters. The van der Waals surface area contributed by atoms with Crippen LogP contribution in [-0.4, -0.2) is 53.4 Å². The topological polar surface area (TPSA) is 70.4 Å². The molecule has 9 heteroatoms. The van der Waals surface area contributed by atoms with Gasteiger partial charge in [-0.25, -0.2) is 0 Å². The predicted molar refractivity (Wildman–Crippen MR) is 142 cm³/mol. The molecule has 0 bridgehead atoms. The molecule has 4 rings (SSSR count). The first-order valence-electron chi connectivity index (χ1n) is 11.6. The van der Waals surface area contributed by atoms with Crippen molar-refractivity contribution in [2.24, 2.45) is 4.99 Å². The fourth-order valence-corrected chi connectivity index (χ4v) is 4.85. The third-order valence-electron chi connectivity index (χ3n) is 6.23. The van der Waals surface area contributed by atoms with E-state index in [0.717, 1.165) is 80.8 Å². The summed E-state index contributed by atoms with van der Waals surface area (Å²) in [7, 11) is 1.84. The lowest BCUT2D eigenvalue weighted by Crippen LogP contribution is -2.51. The number of aryl methyl sites for hydroxylation is 2. The predicted octanol–water partition coefficient (Wildman–Crippen LogP) is 4.04. The van der Waals surface area contributed by atoms with E-state index >= 15 is 0 Å². The highest BCUT2D eigenvalue weighted by Crippen LogP contribution is 2.27. The van der Waals surface area contributed by atoms with Crippen LogP contribution in [0.2, 0.25) is 5.02 Å². The van der Waals surface area contributed by atoms with Crippen molar-refractivity contribution in [2.45, 2.75) is 64.0 Å². The van der Waals surface area contributed by atoms with Crippen LogP contribution < -0.4 is 15.5 Å². The molecule has 3 heterocycles. The van der Waals surface area contributed by atoms with Gasteiger partial charge in [0.15, 0.2) is 5.96 Å². The zero-order valence-corrected chi connectivity index (χ0v) is 22.0. The largest absolute Gasteiger partial charge is 0.368 e. The van der Waals surface area contributed by atoms with Crippen LogP contribution in [0.3, 0.4) is 0 Å². The molecule has 1 fully saturated rings. The minimum absolute atomic E-state index is 0. The number of halogens is 2. The molecule has 0 radical (unpaired) electrons. The van der Waals surface area contributed by atoms with Crippen LogP contribution in [0.15, 0.2) is 29.3 Å². The van der Waals surface area contributed by atoms with Gasteiger partial charge in [-0.1, -0.05) is 30.2 Å². The van der Waals surface area contributed by atoms with Crippen molar-refractivity contribution in [1.82, 2.24) is 25.4 Å². The molecule has 1 saturated heterocycles. The Bertz CT molecular complexity index is 885. The number of para-hydroxylation sites is 1. The van der Waals surface area contributed by atoms with Gasteiger partial charge in [-0.2, -0.15) is 0 Å². The standard InChI is InChI=1S/C23H34ClN7.HI/c1-25-23(26-14-7-13-22-29-28-21-12-3-2-6-16-31(21)22)27-18-9-8-15-30(17-18)20-11-5-4-10-19(20)24;/h4-5,10-11,18H,2-3,6-9,12-17H2,1H3,(H2,25,26,27);1H. The lowest BCUT2D eigenvalue weighted by atomic mass is 10.0. The van der Waals surface area contributed by atoms with E-state index in [1.165, 1.54) is 25.1 Å². The molecule has 2 aromatic rings. The first kappa shape index (κ1) is 25.1. The van der Waals surface area contributed by atoms with Crippen molar-refractivity contribution in [1.29, 1.82) is 0 Å². The molecule has 2 aliphatic heterocycles. The van der Waals surface area contributed by atoms with Crippen molar-refractivity contribution >= 4 is 47.2 Å². The number of aliphatic imine (C=N–C) groups is 1. The molecular weight excluding hydrogens is 537 g/mol. The maximum Gasteiger partial charge on any atom is 0.191 e. The molecule has 2 aliphatic rings. The Kier molecular flexibility index (Phi) is 9.90. The SMILES string of the molecule is CN=C(NCCCc1nnc2n1CCCCC2)NC1CCCN(c2ccccc2Cl)C1.I. The molecule has 1 aromatic heterocycles. The van der Waals surface area contributed by atoms with E-state index in [0.29, 0.717) is 6.04 Å². The Morgan fingerprint density at radius 1 is 1.16 bits per heavy atom. The van der Waals surface area contributed by atoms with Crippen molar-refractivity contribution in [2.75, 3.05) is 31.6 Å². The molecule has 0 aliphatic carbocycles. The molecule has 0 amide bonds. The van der Waals surface area contributed by atoms with Crippen LogP contribution in [0.1, 0.15) is 50.2 Å². The Labute approximate surface area is 213 Å². The fourth-order valence-electron chi connectivity index (χ4n) is 4.59. The van der Waals surface area contributed by atoms with Crippen molar-refractivity contribution < 1.29 is 0 Å². The summed E-state index contributed by atoms with van der Waals surface area (Å²) >= 11 is 6.41. The minimum Gasteiger partial charge on any atom is -0.368 e. The van der Waals surface area contributed by atoms with E-state index in [9.17, 15) is 0 Å². The number of rotatable bonds is 6. The number of guanidine groups is 1. The molecular formula is C23H35ClIN7. The Morgan fingerprint density at radius 3 is 2.88 bits per heavy atom. The summed E-state index contributed by atoms with van der Waals surface area (Å²) in [5.41, 5.74) is 1.12. The second kappa shape index (κ2) is 12.6. The summed E-state index contributed by atoms with van der Waals surface area (Å²) in [5, 5.41) is 16.7. The summed E-state index contributed by atoms with van der Waals surface area (Å²) in [6, 6.07) is 8.44. The third kappa shape index (κ3) is 6.50. The van der Waals surface area contributed by atoms with Gasteiger partial charge in [0.1, 0.15) is 11.6 Å². The molecule has 1 atom stereocenters. The zero-order chi connectivity index (χ0) is 21.5. The van der Waals surface area contributed by atoms with Crippen LogP contribution in [0, 0.1) is 0 Å². The summed E-state index contributed by atoms with van der Waals surface area (Å²) in [6.07, 6.45) is 9.05. The highest BCUT2D eigenvalue weighted by molar-refractivity contribution is 14.0. The average molecular weight is 572 g/mol. The highest BCUT2D eigenvalue weighted by Gasteiger charge is 2.22. The average Bonchev–Trinajstić information content (AvgIpc) is 3.02. The molecule has 32 heavy (non-hydrogen) atoms. The maximum absolute atomic E-state index is 6.41. The van der Waals surface area contributed by atoms with E-state index in [-0.39, 0.29) is 24.0 Å². The summed E-state index contributed by atoms with van der Waals surface area (Å²) in [6.45, 7) is 3.90. The summed E-state index contributed by atoms with van der Waals surface area (Å²) < 4.78 is 2.34. The number of hydrogen-bond donors (Lipinski definition) is 2. The molecule has 176 valence electrons. The third-order valence-corrected chi connectivity index (χ3v) is 6.55. The lowest BCUT2D eigenvalue weighted by molar-refractivity contribution is 0.467. The minimum atomic E-state index is 0. The van der Waals surface area contributed by atoms with Gasteiger partial charge in [-0.05, 0) is 44.2 Å². The van der Waals surface area contributed by atoms with Gasteiger partial charge in [0.25, 0.3) is 0 Å². The number of nitrogens with one attached hydrogen (secondary N) is 2. The molecule has 7 nitrogen and oxygen atoms in total. The lowest BCUT2D eigenvalue weighted by Gasteiger charge is -2.35. The van der Waals surface area contributed by atoms with Gasteiger partial charge in [0.2, 0.25) is 0 Å². The van der Waals surface area contributed by atoms with E-state index in [1.807, 2.05) is 25.2 Å². The Balaban J connectivity index is 0.00000289. The molecule has 2 N–H and O–H groups in total. The van der Waals surface area contributed by atoms with Crippen LogP contribution in [0.4, 0.5) is 5.69 Å². The van der Waals surface area contributed by atoms with E-state index < -0.39 is 0 Å². The Morgan fingerprint density at radius 2 is 2.03 bits per heavy atom. The molecule has 0 spiro atoms. The summed E-state index contributed by atoms with van der Waals surface area (Å²) in [4.78, 5) is 6.80. The van der Waals surface area contributed by atoms with Crippen LogP contribution in [-0.2, 0) is 19.4 Å². The normalized spacial score (nSPS) is 19.0. The number of piperidine rings is 1. The van der Waals surface area contributed by atoms with Crippen molar-refractivity contribution in [3.63, 3.8) is 0 Å². The number of aromatic nitrogens is 3. The second-order valence-electron chi connectivity index (χ2n) is 8.48. The van der Waals surface area contributed by atoms with Crippen molar-refractivity contribution in [3.05, 3.63) is 40.9 Å². The quantitative estimate of drug-likeness (QED) is 0.237. The van der Waals surface area contributed by atoms with Gasteiger partial charge in [-0.3, -0.25) is 4.99 Å².